The summed E-state index contributed by atoms with van der Waals surface area (Å²) < 4.78 is 26.5. The largest absolute Gasteiger partial charge is 0.339 e. The maximum absolute atomic E-state index is 13.3. The van der Waals surface area contributed by atoms with Crippen LogP contribution in [0.5, 0.6) is 0 Å². The fourth-order valence-corrected chi connectivity index (χ4v) is 6.66. The fourth-order valence-electron chi connectivity index (χ4n) is 4.99. The minimum Gasteiger partial charge on any atom is -0.339 e. The highest BCUT2D eigenvalue weighted by atomic mass is 32.2. The van der Waals surface area contributed by atoms with Crippen LogP contribution in [0.2, 0.25) is 0 Å². The van der Waals surface area contributed by atoms with Gasteiger partial charge in [-0.05, 0) is 44.1 Å². The van der Waals surface area contributed by atoms with Crippen molar-refractivity contribution in [2.75, 3.05) is 25.4 Å². The molecule has 1 aromatic rings. The van der Waals surface area contributed by atoms with Crippen molar-refractivity contribution in [3.8, 4) is 0 Å². The van der Waals surface area contributed by atoms with E-state index in [4.69, 9.17) is 0 Å². The predicted octanol–water partition coefficient (Wildman–Crippen LogP) is 4.01. The quantitative estimate of drug-likeness (QED) is 0.638. The van der Waals surface area contributed by atoms with Crippen LogP contribution in [0.3, 0.4) is 0 Å². The molecule has 2 fully saturated rings. The zero-order valence-electron chi connectivity index (χ0n) is 17.9. The third kappa shape index (κ3) is 5.21. The Morgan fingerprint density at radius 3 is 2.38 bits per heavy atom. The first-order chi connectivity index (χ1) is 14.0. The van der Waals surface area contributed by atoms with Gasteiger partial charge in [-0.15, -0.1) is 0 Å². The summed E-state index contributed by atoms with van der Waals surface area (Å²) in [5.74, 6) is 0.803. The molecule has 0 N–H and O–H groups in total. The molecule has 0 unspecified atom stereocenters. The van der Waals surface area contributed by atoms with Crippen LogP contribution in [0.4, 0.5) is 0 Å². The Morgan fingerprint density at radius 1 is 1.07 bits per heavy atom. The van der Waals surface area contributed by atoms with Crippen LogP contribution in [-0.4, -0.2) is 55.0 Å². The second-order valence-corrected chi connectivity index (χ2v) is 10.6. The van der Waals surface area contributed by atoms with Crippen molar-refractivity contribution in [2.45, 2.75) is 70.8 Å². The van der Waals surface area contributed by atoms with Gasteiger partial charge >= 0.3 is 0 Å². The van der Waals surface area contributed by atoms with Crippen LogP contribution >= 0.6 is 0 Å². The number of likely N-dealkylation sites (tertiary alicyclic amines) is 1. The SMILES string of the molecule is CCCCS(=O)(=O)N1CCC(C(=O)N2CCC[C@@H]2[C@H](CC)c2ccccc2)CC1. The van der Waals surface area contributed by atoms with E-state index in [1.165, 1.54) is 5.56 Å². The van der Waals surface area contributed by atoms with Gasteiger partial charge in [0.05, 0.1) is 5.75 Å². The van der Waals surface area contributed by atoms with Crippen molar-refractivity contribution in [1.82, 2.24) is 9.21 Å². The molecular weight excluding hydrogens is 384 g/mol. The molecule has 1 aromatic carbocycles. The van der Waals surface area contributed by atoms with Crippen LogP contribution in [0.15, 0.2) is 30.3 Å². The van der Waals surface area contributed by atoms with Crippen LogP contribution in [-0.2, 0) is 14.8 Å². The van der Waals surface area contributed by atoms with Crippen molar-refractivity contribution in [3.63, 3.8) is 0 Å². The highest BCUT2D eigenvalue weighted by Crippen LogP contribution is 2.35. The molecule has 29 heavy (non-hydrogen) atoms. The number of unbranched alkanes of at least 4 members (excludes halogenated alkanes) is 1. The molecule has 3 rings (SSSR count). The maximum Gasteiger partial charge on any atom is 0.226 e. The Kier molecular flexibility index (Phi) is 7.74. The van der Waals surface area contributed by atoms with E-state index in [2.05, 4.69) is 36.1 Å². The van der Waals surface area contributed by atoms with Gasteiger partial charge in [0.1, 0.15) is 0 Å². The molecule has 0 aliphatic carbocycles. The van der Waals surface area contributed by atoms with E-state index in [1.807, 2.05) is 13.0 Å². The molecular formula is C23H36N2O3S. The summed E-state index contributed by atoms with van der Waals surface area (Å²) in [4.78, 5) is 15.5. The average Bonchev–Trinajstić information content (AvgIpc) is 3.22. The summed E-state index contributed by atoms with van der Waals surface area (Å²) in [6.07, 6.45) is 6.02. The molecule has 2 heterocycles. The van der Waals surface area contributed by atoms with E-state index in [-0.39, 0.29) is 23.6 Å². The summed E-state index contributed by atoms with van der Waals surface area (Å²) in [6, 6.07) is 10.8. The fraction of sp³-hybridized carbons (Fsp3) is 0.696. The minimum atomic E-state index is -3.17. The van der Waals surface area contributed by atoms with Gasteiger partial charge in [-0.2, -0.15) is 0 Å². The molecule has 0 radical (unpaired) electrons. The lowest BCUT2D eigenvalue weighted by atomic mass is 9.87. The normalized spacial score (nSPS) is 22.7. The van der Waals surface area contributed by atoms with Crippen molar-refractivity contribution in [2.24, 2.45) is 5.92 Å². The van der Waals surface area contributed by atoms with Gasteiger partial charge in [0, 0.05) is 37.5 Å². The lowest BCUT2D eigenvalue weighted by Crippen LogP contribution is -2.47. The van der Waals surface area contributed by atoms with Gasteiger partial charge in [-0.1, -0.05) is 50.6 Å². The Bertz CT molecular complexity index is 758. The Labute approximate surface area is 176 Å². The monoisotopic (exact) mass is 420 g/mol. The molecule has 2 atom stereocenters. The number of carbonyl (C=O) groups is 1. The Hall–Kier alpha value is -1.40. The number of rotatable bonds is 8. The number of benzene rings is 1. The molecule has 0 saturated carbocycles. The zero-order chi connectivity index (χ0) is 20.9. The van der Waals surface area contributed by atoms with Crippen LogP contribution in [0.25, 0.3) is 0 Å². The van der Waals surface area contributed by atoms with Gasteiger partial charge in [0.2, 0.25) is 15.9 Å². The van der Waals surface area contributed by atoms with Crippen LogP contribution in [0, 0.1) is 5.92 Å². The summed E-state index contributed by atoms with van der Waals surface area (Å²) in [6.45, 7) is 6.01. The Balaban J connectivity index is 1.63. The first-order valence-electron chi connectivity index (χ1n) is 11.3. The van der Waals surface area contributed by atoms with Crippen molar-refractivity contribution in [3.05, 3.63) is 35.9 Å². The summed E-state index contributed by atoms with van der Waals surface area (Å²) in [5.41, 5.74) is 1.32. The van der Waals surface area contributed by atoms with E-state index in [0.717, 1.165) is 32.2 Å². The second-order valence-electron chi connectivity index (χ2n) is 8.51. The zero-order valence-corrected chi connectivity index (χ0v) is 18.7. The molecule has 0 spiro atoms. The Morgan fingerprint density at radius 2 is 1.76 bits per heavy atom. The molecule has 5 nitrogen and oxygen atoms in total. The molecule has 2 aliphatic heterocycles. The van der Waals surface area contributed by atoms with Gasteiger partial charge in [-0.25, -0.2) is 12.7 Å². The van der Waals surface area contributed by atoms with Crippen molar-refractivity contribution < 1.29 is 13.2 Å². The molecule has 0 aromatic heterocycles. The van der Waals surface area contributed by atoms with E-state index in [1.54, 1.807) is 4.31 Å². The topological polar surface area (TPSA) is 57.7 Å². The van der Waals surface area contributed by atoms with E-state index in [0.29, 0.717) is 38.3 Å². The minimum absolute atomic E-state index is 0.0403. The van der Waals surface area contributed by atoms with E-state index in [9.17, 15) is 13.2 Å². The van der Waals surface area contributed by atoms with Crippen molar-refractivity contribution >= 4 is 15.9 Å². The highest BCUT2D eigenvalue weighted by Gasteiger charge is 2.39. The first kappa shape index (κ1) is 22.3. The number of hydrogen-bond acceptors (Lipinski definition) is 3. The van der Waals surface area contributed by atoms with E-state index < -0.39 is 10.0 Å². The number of piperidine rings is 1. The number of hydrogen-bond donors (Lipinski definition) is 0. The van der Waals surface area contributed by atoms with E-state index >= 15 is 0 Å². The van der Waals surface area contributed by atoms with Crippen molar-refractivity contribution in [1.29, 1.82) is 0 Å². The number of amides is 1. The summed E-state index contributed by atoms with van der Waals surface area (Å²) in [5, 5.41) is 0. The summed E-state index contributed by atoms with van der Waals surface area (Å²) in [7, 11) is -3.17. The number of carbonyl (C=O) groups excluding carboxylic acids is 1. The predicted molar refractivity (Wildman–Crippen MR) is 117 cm³/mol. The van der Waals surface area contributed by atoms with Crippen LogP contribution < -0.4 is 0 Å². The van der Waals surface area contributed by atoms with Gasteiger partial charge < -0.3 is 4.90 Å². The van der Waals surface area contributed by atoms with Gasteiger partial charge in [0.15, 0.2) is 0 Å². The average molecular weight is 421 g/mol. The first-order valence-corrected chi connectivity index (χ1v) is 12.9. The van der Waals surface area contributed by atoms with Gasteiger partial charge in [0.25, 0.3) is 0 Å². The second kappa shape index (κ2) is 10.1. The maximum atomic E-state index is 13.3. The lowest BCUT2D eigenvalue weighted by Gasteiger charge is -2.37. The summed E-state index contributed by atoms with van der Waals surface area (Å²) >= 11 is 0. The smallest absolute Gasteiger partial charge is 0.226 e. The number of sulfonamides is 1. The molecule has 0 bridgehead atoms. The molecule has 2 aliphatic rings. The highest BCUT2D eigenvalue weighted by molar-refractivity contribution is 7.89. The number of nitrogens with zero attached hydrogens (tertiary/aromatic N) is 2. The standard InChI is InChI=1S/C23H36N2O3S/c1-3-5-18-29(27,28)24-16-13-20(14-17-24)23(26)25-15-9-12-22(25)21(4-2)19-10-7-6-8-11-19/h6-8,10-11,20-22H,3-5,9,12-18H2,1-2H3/t21-,22-/m1/s1. The molecule has 162 valence electrons. The molecule has 1 amide bonds. The third-order valence-corrected chi connectivity index (χ3v) is 8.62. The van der Waals surface area contributed by atoms with Crippen LogP contribution in [0.1, 0.15) is 70.3 Å². The van der Waals surface area contributed by atoms with Gasteiger partial charge in [-0.3, -0.25) is 4.79 Å². The third-order valence-electron chi connectivity index (χ3n) is 6.67. The molecule has 2 saturated heterocycles. The molecule has 6 heteroatoms. The lowest BCUT2D eigenvalue weighted by molar-refractivity contribution is -0.138.